The smallest absolute Gasteiger partial charge is 0.331 e. The maximum absolute atomic E-state index is 12.7. The molecule has 6 aliphatic rings. The number of hydrogen-bond acceptors (Lipinski definition) is 10. The summed E-state index contributed by atoms with van der Waals surface area (Å²) in [7, 11) is 0. The Bertz CT molecular complexity index is 1330. The van der Waals surface area contributed by atoms with Gasteiger partial charge in [0.25, 0.3) is 0 Å². The SMILES string of the molecule is C[C@H]1O[C@@H](O[C@H]2CC[C@]3(C=NCc4cccnc4)[C@@H]4CC[C@]5(C)[C@H](C6=CC(=O)OC6)CC[C@]5(O)[C@H]4CC[C@@]3(O)C2)C[C@@H](O)[C@H]1O. The summed E-state index contributed by atoms with van der Waals surface area (Å²) in [5.41, 5.74) is -1.03. The number of carbonyl (C=O) groups is 1. The zero-order valence-corrected chi connectivity index (χ0v) is 26.4. The van der Waals surface area contributed by atoms with Crippen LogP contribution < -0.4 is 0 Å². The first-order valence-electron chi connectivity index (χ1n) is 16.9. The largest absolute Gasteiger partial charge is 0.458 e. The topological polar surface area (TPSA) is 151 Å². The molecule has 1 aromatic heterocycles. The minimum Gasteiger partial charge on any atom is -0.458 e. The molecule has 0 bridgehead atoms. The van der Waals surface area contributed by atoms with Gasteiger partial charge in [-0.3, -0.25) is 9.98 Å². The van der Waals surface area contributed by atoms with E-state index in [0.29, 0.717) is 51.7 Å². The average molecular weight is 625 g/mol. The van der Waals surface area contributed by atoms with E-state index in [4.69, 9.17) is 19.2 Å². The van der Waals surface area contributed by atoms with Gasteiger partial charge >= 0.3 is 5.97 Å². The number of hydrogen-bond donors (Lipinski definition) is 4. The summed E-state index contributed by atoms with van der Waals surface area (Å²) in [5.74, 6) is -0.171. The molecule has 10 heteroatoms. The van der Waals surface area contributed by atoms with Gasteiger partial charge in [-0.2, -0.15) is 0 Å². The van der Waals surface area contributed by atoms with Crippen LogP contribution in [0, 0.1) is 28.6 Å². The van der Waals surface area contributed by atoms with Crippen molar-refractivity contribution in [3.8, 4) is 0 Å². The van der Waals surface area contributed by atoms with E-state index >= 15 is 0 Å². The van der Waals surface area contributed by atoms with Crippen molar-refractivity contribution in [3.05, 3.63) is 41.7 Å². The zero-order valence-electron chi connectivity index (χ0n) is 26.4. The first kappa shape index (κ1) is 31.4. The van der Waals surface area contributed by atoms with E-state index in [1.807, 2.05) is 24.5 Å². The Morgan fingerprint density at radius 1 is 1.11 bits per heavy atom. The van der Waals surface area contributed by atoms with Gasteiger partial charge < -0.3 is 34.6 Å². The molecule has 4 aliphatic carbocycles. The number of fused-ring (bicyclic) bond motifs is 5. The predicted molar refractivity (Wildman–Crippen MR) is 164 cm³/mol. The Hall–Kier alpha value is -2.21. The van der Waals surface area contributed by atoms with Crippen LogP contribution in [0.5, 0.6) is 0 Å². The highest BCUT2D eigenvalue weighted by atomic mass is 16.7. The third kappa shape index (κ3) is 5.02. The second-order valence-electron chi connectivity index (χ2n) is 15.0. The van der Waals surface area contributed by atoms with Gasteiger partial charge in [-0.15, -0.1) is 0 Å². The van der Waals surface area contributed by atoms with Crippen molar-refractivity contribution in [2.45, 2.75) is 127 Å². The molecule has 1 aromatic rings. The van der Waals surface area contributed by atoms with Crippen molar-refractivity contribution < 1.29 is 39.4 Å². The van der Waals surface area contributed by atoms with Crippen LogP contribution >= 0.6 is 0 Å². The van der Waals surface area contributed by atoms with Gasteiger partial charge in [0.05, 0.1) is 36.1 Å². The second-order valence-corrected chi connectivity index (χ2v) is 15.0. The molecular formula is C35H48N2O8. The summed E-state index contributed by atoms with van der Waals surface area (Å²) >= 11 is 0. The Morgan fingerprint density at radius 2 is 1.93 bits per heavy atom. The van der Waals surface area contributed by atoms with Gasteiger partial charge in [-0.05, 0) is 93.2 Å². The number of aromatic nitrogens is 1. The number of aliphatic imine (C=N–C) groups is 1. The highest BCUT2D eigenvalue weighted by molar-refractivity contribution is 5.85. The van der Waals surface area contributed by atoms with Gasteiger partial charge in [0, 0.05) is 48.4 Å². The van der Waals surface area contributed by atoms with Crippen molar-refractivity contribution in [3.63, 3.8) is 0 Å². The predicted octanol–water partition coefficient (Wildman–Crippen LogP) is 3.25. The van der Waals surface area contributed by atoms with Crippen LogP contribution in [0.3, 0.4) is 0 Å². The molecule has 7 rings (SSSR count). The zero-order chi connectivity index (χ0) is 31.6. The Labute approximate surface area is 264 Å². The highest BCUT2D eigenvalue weighted by Crippen LogP contribution is 2.70. The molecule has 246 valence electrons. The molecule has 0 amide bonds. The molecule has 12 atom stereocenters. The van der Waals surface area contributed by atoms with Crippen molar-refractivity contribution >= 4 is 12.2 Å². The first-order chi connectivity index (χ1) is 21.5. The molecule has 10 nitrogen and oxygen atoms in total. The van der Waals surface area contributed by atoms with Crippen LogP contribution in [-0.2, 0) is 25.5 Å². The summed E-state index contributed by atoms with van der Waals surface area (Å²) in [4.78, 5) is 21.2. The third-order valence-corrected chi connectivity index (χ3v) is 13.0. The molecule has 3 heterocycles. The van der Waals surface area contributed by atoms with Crippen LogP contribution in [0.15, 0.2) is 41.2 Å². The number of carbonyl (C=O) groups excluding carboxylic acids is 1. The van der Waals surface area contributed by atoms with Gasteiger partial charge in [-0.25, -0.2) is 4.79 Å². The van der Waals surface area contributed by atoms with Crippen LogP contribution in [0.25, 0.3) is 0 Å². The lowest BCUT2D eigenvalue weighted by molar-refractivity contribution is -0.282. The first-order valence-corrected chi connectivity index (χ1v) is 16.9. The molecule has 0 aromatic carbocycles. The average Bonchev–Trinajstić information content (AvgIpc) is 3.56. The quantitative estimate of drug-likeness (QED) is 0.212. The van der Waals surface area contributed by atoms with Crippen molar-refractivity contribution in [1.82, 2.24) is 4.98 Å². The standard InChI is InChI=1S/C35H48N2O8/c1-21-31(40)28(38)15-30(44-21)45-24-5-10-33(20-37-18-22-4-3-13-36-17-22)26-6-9-32(2)25(23-14-29(39)43-19-23)8-12-35(32,42)27(26)7-11-34(33,41)16-24/h3-4,13-14,17,20-21,24-28,30-31,38,40-42H,5-12,15-16,18-19H2,1-2H3/t21-,24+,25+,26-,27+,28-,30+,31+,32-,33+,34-,35+/m1/s1. The van der Waals surface area contributed by atoms with Crippen molar-refractivity contribution in [2.24, 2.45) is 33.6 Å². The van der Waals surface area contributed by atoms with Crippen LogP contribution in [0.1, 0.15) is 83.6 Å². The number of aliphatic hydroxyl groups is 4. The molecule has 2 aliphatic heterocycles. The van der Waals surface area contributed by atoms with Crippen molar-refractivity contribution in [2.75, 3.05) is 6.61 Å². The summed E-state index contributed by atoms with van der Waals surface area (Å²) in [6.45, 7) is 4.71. The van der Waals surface area contributed by atoms with Crippen LogP contribution in [0.2, 0.25) is 0 Å². The molecule has 4 saturated carbocycles. The lowest BCUT2D eigenvalue weighted by Gasteiger charge is -2.66. The van der Waals surface area contributed by atoms with Crippen LogP contribution in [0.4, 0.5) is 0 Å². The van der Waals surface area contributed by atoms with E-state index in [9.17, 15) is 25.2 Å². The fourth-order valence-corrected chi connectivity index (χ4v) is 10.6. The monoisotopic (exact) mass is 624 g/mol. The van der Waals surface area contributed by atoms with E-state index in [1.54, 1.807) is 19.2 Å². The van der Waals surface area contributed by atoms with Gasteiger partial charge in [-0.1, -0.05) is 13.0 Å². The maximum atomic E-state index is 12.7. The molecule has 0 unspecified atom stereocenters. The maximum Gasteiger partial charge on any atom is 0.331 e. The lowest BCUT2D eigenvalue weighted by atomic mass is 9.41. The Kier molecular flexibility index (Phi) is 8.02. The molecule has 5 fully saturated rings. The number of esters is 1. The molecule has 45 heavy (non-hydrogen) atoms. The van der Waals surface area contributed by atoms with E-state index in [2.05, 4.69) is 11.9 Å². The van der Waals surface area contributed by atoms with Gasteiger partial charge in [0.2, 0.25) is 0 Å². The molecule has 4 N–H and O–H groups in total. The number of ether oxygens (including phenoxy) is 3. The number of rotatable bonds is 6. The van der Waals surface area contributed by atoms with Crippen molar-refractivity contribution in [1.29, 1.82) is 0 Å². The Balaban J connectivity index is 1.17. The number of aliphatic hydroxyl groups excluding tert-OH is 2. The molecule has 1 saturated heterocycles. The molecule has 0 spiro atoms. The number of pyridine rings is 1. The van der Waals surface area contributed by atoms with E-state index in [-0.39, 0.29) is 41.7 Å². The van der Waals surface area contributed by atoms with E-state index < -0.39 is 41.2 Å². The molecular weight excluding hydrogens is 576 g/mol. The fraction of sp³-hybridized carbons (Fsp3) is 0.743. The summed E-state index contributed by atoms with van der Waals surface area (Å²) in [5, 5.41) is 45.9. The highest BCUT2D eigenvalue weighted by Gasteiger charge is 2.71. The minimum atomic E-state index is -1.09. The Morgan fingerprint density at radius 3 is 2.67 bits per heavy atom. The normalized spacial score (nSPS) is 48.0. The van der Waals surface area contributed by atoms with Gasteiger partial charge in [0.15, 0.2) is 6.29 Å². The van der Waals surface area contributed by atoms with Crippen LogP contribution in [-0.4, -0.2) is 86.1 Å². The lowest BCUT2D eigenvalue weighted by Crippen LogP contribution is -2.69. The van der Waals surface area contributed by atoms with E-state index in [0.717, 1.165) is 30.4 Å². The molecule has 0 radical (unpaired) electrons. The van der Waals surface area contributed by atoms with E-state index in [1.165, 1.54) is 0 Å². The minimum absolute atomic E-state index is 0.0124. The second kappa shape index (κ2) is 11.5. The number of nitrogens with zero attached hydrogens (tertiary/aromatic N) is 2. The fourth-order valence-electron chi connectivity index (χ4n) is 10.6. The summed E-state index contributed by atoms with van der Waals surface area (Å²) < 4.78 is 17.5. The summed E-state index contributed by atoms with van der Waals surface area (Å²) in [6.07, 6.45) is 10.2. The number of cyclic esters (lactones) is 1. The summed E-state index contributed by atoms with van der Waals surface area (Å²) in [6, 6.07) is 3.90. The third-order valence-electron chi connectivity index (χ3n) is 13.0. The van der Waals surface area contributed by atoms with Gasteiger partial charge in [0.1, 0.15) is 12.7 Å².